The average molecular weight is 324 g/mol. The average Bonchev–Trinajstić information content (AvgIpc) is 3.00. The van der Waals surface area contributed by atoms with Gasteiger partial charge in [0, 0.05) is 23.1 Å². The number of hydrogen-bond acceptors (Lipinski definition) is 5. The van der Waals surface area contributed by atoms with E-state index in [-0.39, 0.29) is 18.0 Å². The number of benzene rings is 1. The van der Waals surface area contributed by atoms with Crippen molar-refractivity contribution < 1.29 is 9.53 Å². The van der Waals surface area contributed by atoms with Crippen molar-refractivity contribution in [1.29, 1.82) is 0 Å². The van der Waals surface area contributed by atoms with Crippen LogP contribution in [0.4, 0.5) is 5.69 Å². The highest BCUT2D eigenvalue weighted by Gasteiger charge is 2.16. The number of nitrogens with two attached hydrogens (primary N) is 1. The van der Waals surface area contributed by atoms with E-state index in [1.807, 2.05) is 31.2 Å². The maximum atomic E-state index is 12.2. The Morgan fingerprint density at radius 3 is 2.79 bits per heavy atom. The molecule has 1 aliphatic heterocycles. The number of anilines is 1. The van der Waals surface area contributed by atoms with Crippen LogP contribution in [0.25, 0.3) is 0 Å². The molecule has 0 radical (unpaired) electrons. The van der Waals surface area contributed by atoms with E-state index >= 15 is 0 Å². The molecule has 0 spiro atoms. The molecule has 6 nitrogen and oxygen atoms in total. The van der Waals surface area contributed by atoms with Gasteiger partial charge >= 0.3 is 0 Å². The van der Waals surface area contributed by atoms with Gasteiger partial charge in [-0.25, -0.2) is 4.99 Å². The number of aryl methyl sites for hydroxylation is 2. The third-order valence-electron chi connectivity index (χ3n) is 3.87. The second-order valence-electron chi connectivity index (χ2n) is 5.81. The number of hydrogen-bond donors (Lipinski definition) is 2. The molecule has 1 unspecified atom stereocenters. The van der Waals surface area contributed by atoms with Crippen LogP contribution in [-0.4, -0.2) is 29.6 Å². The molecule has 3 N–H and O–H groups in total. The van der Waals surface area contributed by atoms with Crippen molar-refractivity contribution >= 4 is 17.6 Å². The first-order chi connectivity index (χ1) is 11.6. The molecule has 1 aromatic heterocycles. The Balaban J connectivity index is 1.55. The lowest BCUT2D eigenvalue weighted by Crippen LogP contribution is -2.12. The molecular formula is C18H20N4O2. The first-order valence-electron chi connectivity index (χ1n) is 7.89. The summed E-state index contributed by atoms with van der Waals surface area (Å²) in [5, 5.41) is 2.89. The molecule has 2 aromatic rings. The first-order valence-corrected chi connectivity index (χ1v) is 7.89. The Morgan fingerprint density at radius 1 is 1.33 bits per heavy atom. The monoisotopic (exact) mass is 324 g/mol. The molecule has 1 amide bonds. The molecule has 3 rings (SSSR count). The molecule has 1 aliphatic rings. The van der Waals surface area contributed by atoms with Gasteiger partial charge in [0.2, 0.25) is 0 Å². The van der Waals surface area contributed by atoms with Gasteiger partial charge in [-0.05, 0) is 49.6 Å². The first kappa shape index (κ1) is 16.0. The third kappa shape index (κ3) is 4.10. The van der Waals surface area contributed by atoms with E-state index in [1.165, 1.54) is 5.56 Å². The van der Waals surface area contributed by atoms with Crippen molar-refractivity contribution in [2.24, 2.45) is 10.7 Å². The topological polar surface area (TPSA) is 89.6 Å². The van der Waals surface area contributed by atoms with Gasteiger partial charge in [0.15, 0.2) is 0 Å². The van der Waals surface area contributed by atoms with E-state index in [0.29, 0.717) is 12.2 Å². The van der Waals surface area contributed by atoms with Crippen molar-refractivity contribution in [3.63, 3.8) is 0 Å². The summed E-state index contributed by atoms with van der Waals surface area (Å²) in [6.07, 6.45) is 3.42. The van der Waals surface area contributed by atoms with Crippen LogP contribution in [0.5, 0.6) is 0 Å². The van der Waals surface area contributed by atoms with E-state index in [0.717, 1.165) is 24.2 Å². The highest BCUT2D eigenvalue weighted by Crippen LogP contribution is 2.15. The maximum absolute atomic E-state index is 12.2. The quantitative estimate of drug-likeness (QED) is 0.883. The fourth-order valence-electron chi connectivity index (χ4n) is 2.56. The van der Waals surface area contributed by atoms with Gasteiger partial charge in [0.25, 0.3) is 11.9 Å². The highest BCUT2D eigenvalue weighted by molar-refractivity contribution is 6.04. The minimum atomic E-state index is -0.138. The summed E-state index contributed by atoms with van der Waals surface area (Å²) in [5.74, 6) is -0.138. The van der Waals surface area contributed by atoms with E-state index < -0.39 is 0 Å². The van der Waals surface area contributed by atoms with Gasteiger partial charge < -0.3 is 15.8 Å². The largest absolute Gasteiger partial charge is 0.463 e. The molecule has 0 aliphatic carbocycles. The maximum Gasteiger partial charge on any atom is 0.282 e. The van der Waals surface area contributed by atoms with Gasteiger partial charge in [0.1, 0.15) is 6.61 Å². The second-order valence-corrected chi connectivity index (χ2v) is 5.81. The minimum absolute atomic E-state index is 0.138. The van der Waals surface area contributed by atoms with Crippen LogP contribution in [-0.2, 0) is 11.2 Å². The summed E-state index contributed by atoms with van der Waals surface area (Å²) >= 11 is 0. The summed E-state index contributed by atoms with van der Waals surface area (Å²) in [5.41, 5.74) is 8.87. The fourth-order valence-corrected chi connectivity index (χ4v) is 2.56. The lowest BCUT2D eigenvalue weighted by molar-refractivity contribution is 0.102. The smallest absolute Gasteiger partial charge is 0.282 e. The third-order valence-corrected chi connectivity index (χ3v) is 3.87. The number of carbonyl (C=O) groups excluding carboxylic acids is 1. The predicted molar refractivity (Wildman–Crippen MR) is 93.1 cm³/mol. The van der Waals surface area contributed by atoms with Crippen LogP contribution >= 0.6 is 0 Å². The molecule has 1 aromatic carbocycles. The molecule has 124 valence electrons. The number of rotatable bonds is 5. The number of ether oxygens (including phenoxy) is 1. The van der Waals surface area contributed by atoms with Crippen LogP contribution < -0.4 is 11.1 Å². The van der Waals surface area contributed by atoms with E-state index in [2.05, 4.69) is 15.3 Å². The summed E-state index contributed by atoms with van der Waals surface area (Å²) in [6.45, 7) is 2.42. The van der Waals surface area contributed by atoms with Crippen molar-refractivity contribution in [2.75, 3.05) is 11.9 Å². The summed E-state index contributed by atoms with van der Waals surface area (Å²) < 4.78 is 5.14. The summed E-state index contributed by atoms with van der Waals surface area (Å²) in [7, 11) is 0. The zero-order chi connectivity index (χ0) is 16.9. The van der Waals surface area contributed by atoms with Crippen LogP contribution in [0.15, 0.2) is 47.6 Å². The Morgan fingerprint density at radius 2 is 2.12 bits per heavy atom. The number of amides is 1. The molecule has 2 heterocycles. The van der Waals surface area contributed by atoms with Crippen molar-refractivity contribution in [3.05, 3.63) is 59.4 Å². The normalized spacial score (nSPS) is 16.4. The number of nitrogens with one attached hydrogen (secondary N) is 1. The van der Waals surface area contributed by atoms with Gasteiger partial charge in [-0.2, -0.15) is 0 Å². The number of pyridine rings is 1. The van der Waals surface area contributed by atoms with Gasteiger partial charge in [-0.3, -0.25) is 9.78 Å². The van der Waals surface area contributed by atoms with E-state index in [4.69, 9.17) is 10.5 Å². The Labute approximate surface area is 140 Å². The standard InChI is InChI=1S/C18H20N4O2/c1-12-10-14(8-9-20-12)17(23)21-15-5-2-13(3-6-15)4-7-16-11-24-18(19)22-16/h2-3,5-6,8-10,16H,4,7,11H2,1H3,(H2,19,22)(H,21,23). The number of aliphatic imine (C=N–C) groups is 1. The molecule has 1 atom stereocenters. The lowest BCUT2D eigenvalue weighted by Gasteiger charge is -2.08. The van der Waals surface area contributed by atoms with Crippen LogP contribution in [0.1, 0.15) is 28.0 Å². The lowest BCUT2D eigenvalue weighted by atomic mass is 10.1. The number of carbonyl (C=O) groups is 1. The van der Waals surface area contributed by atoms with Gasteiger partial charge in [0.05, 0.1) is 6.04 Å². The zero-order valence-electron chi connectivity index (χ0n) is 13.5. The molecule has 0 bridgehead atoms. The van der Waals surface area contributed by atoms with Gasteiger partial charge in [-0.1, -0.05) is 12.1 Å². The number of amidine groups is 1. The Kier molecular flexibility index (Phi) is 4.74. The highest BCUT2D eigenvalue weighted by atomic mass is 16.5. The molecule has 0 saturated heterocycles. The fraction of sp³-hybridized carbons (Fsp3) is 0.278. The molecular weight excluding hydrogens is 304 g/mol. The molecule has 0 saturated carbocycles. The van der Waals surface area contributed by atoms with E-state index in [9.17, 15) is 4.79 Å². The summed E-state index contributed by atoms with van der Waals surface area (Å²) in [4.78, 5) is 20.5. The number of aromatic nitrogens is 1. The summed E-state index contributed by atoms with van der Waals surface area (Å²) in [6, 6.07) is 11.7. The Bertz CT molecular complexity index is 756. The van der Waals surface area contributed by atoms with Crippen LogP contribution in [0, 0.1) is 6.92 Å². The number of nitrogens with zero attached hydrogens (tertiary/aromatic N) is 2. The van der Waals surface area contributed by atoms with Crippen molar-refractivity contribution in [1.82, 2.24) is 4.98 Å². The van der Waals surface area contributed by atoms with E-state index in [1.54, 1.807) is 18.3 Å². The SMILES string of the molecule is Cc1cc(C(=O)Nc2ccc(CCC3COC(N)=N3)cc2)ccn1. The van der Waals surface area contributed by atoms with Crippen LogP contribution in [0.3, 0.4) is 0 Å². The second kappa shape index (κ2) is 7.12. The van der Waals surface area contributed by atoms with Gasteiger partial charge in [-0.15, -0.1) is 0 Å². The Hall–Kier alpha value is -2.89. The van der Waals surface area contributed by atoms with Crippen molar-refractivity contribution in [3.8, 4) is 0 Å². The molecule has 6 heteroatoms. The van der Waals surface area contributed by atoms with Crippen molar-refractivity contribution in [2.45, 2.75) is 25.8 Å². The predicted octanol–water partition coefficient (Wildman–Crippen LogP) is 2.29. The minimum Gasteiger partial charge on any atom is -0.463 e. The van der Waals surface area contributed by atoms with Crippen LogP contribution in [0.2, 0.25) is 0 Å². The zero-order valence-corrected chi connectivity index (χ0v) is 13.5. The molecule has 0 fully saturated rings. The molecule has 24 heavy (non-hydrogen) atoms.